The maximum Gasteiger partial charge on any atom is 0.306 e. The van der Waals surface area contributed by atoms with E-state index in [4.69, 9.17) is 10.5 Å². The van der Waals surface area contributed by atoms with Crippen LogP contribution in [0.25, 0.3) is 0 Å². The maximum atomic E-state index is 11.6. The largest absolute Gasteiger partial charge is 0.459 e. The summed E-state index contributed by atoms with van der Waals surface area (Å²) in [6.45, 7) is 2.18. The van der Waals surface area contributed by atoms with Gasteiger partial charge in [0, 0.05) is 17.5 Å². The summed E-state index contributed by atoms with van der Waals surface area (Å²) in [6, 6.07) is 7.53. The molecule has 1 aromatic heterocycles. The molecule has 0 bridgehead atoms. The fourth-order valence-electron chi connectivity index (χ4n) is 1.70. The van der Waals surface area contributed by atoms with Gasteiger partial charge in [0.1, 0.15) is 6.61 Å². The summed E-state index contributed by atoms with van der Waals surface area (Å²) in [7, 11) is 0. The maximum absolute atomic E-state index is 11.6. The highest BCUT2D eigenvalue weighted by atomic mass is 32.1. The molecule has 1 aromatic carbocycles. The Morgan fingerprint density at radius 3 is 3.00 bits per heavy atom. The summed E-state index contributed by atoms with van der Waals surface area (Å²) in [5.74, 6) is -0.215. The molecule has 0 spiro atoms. The summed E-state index contributed by atoms with van der Waals surface area (Å²) in [5, 5.41) is 2.88. The predicted octanol–water partition coefficient (Wildman–Crippen LogP) is 2.71. The van der Waals surface area contributed by atoms with Crippen molar-refractivity contribution in [2.45, 2.75) is 26.4 Å². The van der Waals surface area contributed by atoms with Crippen LogP contribution >= 0.6 is 11.3 Å². The number of thiazole rings is 1. The lowest BCUT2D eigenvalue weighted by Crippen LogP contribution is -2.06. The van der Waals surface area contributed by atoms with Crippen LogP contribution < -0.4 is 5.73 Å². The molecule has 0 radical (unpaired) electrons. The van der Waals surface area contributed by atoms with Gasteiger partial charge < -0.3 is 10.5 Å². The van der Waals surface area contributed by atoms with Crippen molar-refractivity contribution >= 4 is 23.0 Å². The van der Waals surface area contributed by atoms with E-state index in [9.17, 15) is 4.79 Å². The predicted molar refractivity (Wildman–Crippen MR) is 75.8 cm³/mol. The molecule has 5 heteroatoms. The van der Waals surface area contributed by atoms with Gasteiger partial charge in [0.15, 0.2) is 0 Å². The first-order chi connectivity index (χ1) is 9.13. The second kappa shape index (κ2) is 6.33. The number of benzene rings is 1. The zero-order valence-electron chi connectivity index (χ0n) is 10.8. The van der Waals surface area contributed by atoms with Crippen molar-refractivity contribution in [1.82, 2.24) is 4.98 Å². The van der Waals surface area contributed by atoms with E-state index in [1.54, 1.807) is 11.3 Å². The molecule has 0 aliphatic carbocycles. The van der Waals surface area contributed by atoms with E-state index in [0.717, 1.165) is 16.3 Å². The second-order valence-electron chi connectivity index (χ2n) is 4.26. The second-order valence-corrected chi connectivity index (χ2v) is 5.33. The molecule has 0 aliphatic rings. The number of ether oxygens (including phenoxy) is 1. The molecule has 2 aromatic rings. The van der Waals surface area contributed by atoms with Gasteiger partial charge in [0.25, 0.3) is 0 Å². The zero-order chi connectivity index (χ0) is 13.7. The van der Waals surface area contributed by atoms with E-state index in [1.807, 2.05) is 36.6 Å². The number of hydrogen-bond donors (Lipinski definition) is 1. The van der Waals surface area contributed by atoms with Gasteiger partial charge in [-0.2, -0.15) is 0 Å². The lowest BCUT2D eigenvalue weighted by Gasteiger charge is -2.04. The minimum Gasteiger partial charge on any atom is -0.459 e. The van der Waals surface area contributed by atoms with Gasteiger partial charge in [-0.3, -0.25) is 4.79 Å². The molecule has 2 N–H and O–H groups in total. The van der Waals surface area contributed by atoms with Crippen LogP contribution in [0.5, 0.6) is 0 Å². The van der Waals surface area contributed by atoms with Crippen LogP contribution in [0, 0.1) is 6.92 Å². The number of aryl methyl sites for hydroxylation is 2. The van der Waals surface area contributed by atoms with Gasteiger partial charge in [-0.05, 0) is 31.0 Å². The van der Waals surface area contributed by atoms with Gasteiger partial charge in [-0.15, -0.1) is 11.3 Å². The highest BCUT2D eigenvalue weighted by Gasteiger charge is 2.06. The average molecular weight is 276 g/mol. The molecule has 1 heterocycles. The van der Waals surface area contributed by atoms with Gasteiger partial charge in [0.2, 0.25) is 0 Å². The normalized spacial score (nSPS) is 10.4. The molecule has 0 aliphatic heterocycles. The van der Waals surface area contributed by atoms with Gasteiger partial charge >= 0.3 is 5.97 Å². The zero-order valence-corrected chi connectivity index (χ0v) is 11.6. The Kier molecular flexibility index (Phi) is 4.52. The van der Waals surface area contributed by atoms with Crippen molar-refractivity contribution in [3.05, 3.63) is 45.9 Å². The first-order valence-corrected chi connectivity index (χ1v) is 6.92. The Balaban J connectivity index is 1.75. The topological polar surface area (TPSA) is 65.2 Å². The summed E-state index contributed by atoms with van der Waals surface area (Å²) in [5.41, 5.74) is 8.24. The third-order valence-corrected chi connectivity index (χ3v) is 3.44. The van der Waals surface area contributed by atoms with Crippen molar-refractivity contribution in [1.29, 1.82) is 0 Å². The van der Waals surface area contributed by atoms with Gasteiger partial charge in [-0.25, -0.2) is 4.98 Å². The number of carbonyl (C=O) groups is 1. The third-order valence-electron chi connectivity index (χ3n) is 2.62. The number of nitrogens with zero attached hydrogens (tertiary/aromatic N) is 1. The standard InChI is InChI=1S/C14H16N2O2S/c1-10-16-13(9-19-10)8-18-14(17)6-5-11-3-2-4-12(15)7-11/h2-4,7,9H,5-6,8,15H2,1H3. The molecule has 100 valence electrons. The first kappa shape index (κ1) is 13.5. The Bertz CT molecular complexity index is 566. The van der Waals surface area contributed by atoms with E-state index in [2.05, 4.69) is 4.98 Å². The third kappa shape index (κ3) is 4.37. The summed E-state index contributed by atoms with van der Waals surface area (Å²) >= 11 is 1.55. The molecule has 0 fully saturated rings. The first-order valence-electron chi connectivity index (χ1n) is 6.04. The Morgan fingerprint density at radius 1 is 1.47 bits per heavy atom. The van der Waals surface area contributed by atoms with Crippen LogP contribution in [0.1, 0.15) is 22.7 Å². The van der Waals surface area contributed by atoms with Gasteiger partial charge in [-0.1, -0.05) is 12.1 Å². The Hall–Kier alpha value is -1.88. The number of aromatic nitrogens is 1. The fourth-order valence-corrected chi connectivity index (χ4v) is 2.29. The van der Waals surface area contributed by atoms with Crippen LogP contribution in [-0.4, -0.2) is 11.0 Å². The molecular formula is C14H16N2O2S. The number of carbonyl (C=O) groups excluding carboxylic acids is 1. The number of nitrogen functional groups attached to an aromatic ring is 1. The highest BCUT2D eigenvalue weighted by Crippen LogP contribution is 2.11. The summed E-state index contributed by atoms with van der Waals surface area (Å²) < 4.78 is 5.17. The quantitative estimate of drug-likeness (QED) is 0.673. The molecular weight excluding hydrogens is 260 g/mol. The molecule has 0 saturated carbocycles. The Morgan fingerprint density at radius 2 is 2.32 bits per heavy atom. The lowest BCUT2D eigenvalue weighted by atomic mass is 10.1. The van der Waals surface area contributed by atoms with E-state index < -0.39 is 0 Å². The van der Waals surface area contributed by atoms with Crippen LogP contribution in [0.15, 0.2) is 29.6 Å². The Labute approximate surface area is 116 Å². The molecule has 0 atom stereocenters. The van der Waals surface area contributed by atoms with E-state index in [0.29, 0.717) is 18.5 Å². The van der Waals surface area contributed by atoms with E-state index >= 15 is 0 Å². The minimum atomic E-state index is -0.215. The van der Waals surface area contributed by atoms with Crippen LogP contribution in [0.2, 0.25) is 0 Å². The van der Waals surface area contributed by atoms with Crippen LogP contribution in [0.4, 0.5) is 5.69 Å². The number of esters is 1. The number of anilines is 1. The fraction of sp³-hybridized carbons (Fsp3) is 0.286. The molecule has 2 rings (SSSR count). The van der Waals surface area contributed by atoms with Crippen LogP contribution in [-0.2, 0) is 22.6 Å². The summed E-state index contributed by atoms with van der Waals surface area (Å²) in [6.07, 6.45) is 0.993. The van der Waals surface area contributed by atoms with Crippen LogP contribution in [0.3, 0.4) is 0 Å². The van der Waals surface area contributed by atoms with Crippen molar-refractivity contribution in [3.8, 4) is 0 Å². The van der Waals surface area contributed by atoms with E-state index in [1.165, 1.54) is 0 Å². The molecule has 0 unspecified atom stereocenters. The van der Waals surface area contributed by atoms with Crippen molar-refractivity contribution in [2.75, 3.05) is 5.73 Å². The van der Waals surface area contributed by atoms with Crippen molar-refractivity contribution in [3.63, 3.8) is 0 Å². The molecule has 4 nitrogen and oxygen atoms in total. The minimum absolute atomic E-state index is 0.215. The van der Waals surface area contributed by atoms with Crippen molar-refractivity contribution < 1.29 is 9.53 Å². The van der Waals surface area contributed by atoms with E-state index in [-0.39, 0.29) is 12.6 Å². The monoisotopic (exact) mass is 276 g/mol. The number of nitrogens with two attached hydrogens (primary N) is 1. The average Bonchev–Trinajstić information content (AvgIpc) is 2.80. The lowest BCUT2D eigenvalue weighted by molar-refractivity contribution is -0.145. The molecule has 0 amide bonds. The smallest absolute Gasteiger partial charge is 0.306 e. The number of hydrogen-bond acceptors (Lipinski definition) is 5. The SMILES string of the molecule is Cc1nc(COC(=O)CCc2cccc(N)c2)cs1. The molecule has 19 heavy (non-hydrogen) atoms. The van der Waals surface area contributed by atoms with Crippen molar-refractivity contribution in [2.24, 2.45) is 0 Å². The van der Waals surface area contributed by atoms with Gasteiger partial charge in [0.05, 0.1) is 10.7 Å². The highest BCUT2D eigenvalue weighted by molar-refractivity contribution is 7.09. The summed E-state index contributed by atoms with van der Waals surface area (Å²) in [4.78, 5) is 15.8. The molecule has 0 saturated heterocycles. The number of rotatable bonds is 5.